The van der Waals surface area contributed by atoms with Gasteiger partial charge in [0, 0.05) is 26.2 Å². The van der Waals surface area contributed by atoms with Crippen LogP contribution in [0.15, 0.2) is 0 Å². The second kappa shape index (κ2) is 5.94. The van der Waals surface area contributed by atoms with Crippen LogP contribution in [0.2, 0.25) is 0 Å². The van der Waals surface area contributed by atoms with Crippen molar-refractivity contribution in [3.05, 3.63) is 0 Å². The molecular weight excluding hydrogens is 166 g/mol. The summed E-state index contributed by atoms with van der Waals surface area (Å²) < 4.78 is 0. The minimum Gasteiger partial charge on any atom is -0.343 e. The number of carbonyl (C=O) groups excluding carboxylic acids is 1. The van der Waals surface area contributed by atoms with E-state index < -0.39 is 0 Å². The van der Waals surface area contributed by atoms with Crippen LogP contribution in [0.25, 0.3) is 0 Å². The minimum absolute atomic E-state index is 0.786. The zero-order valence-electron chi connectivity index (χ0n) is 8.11. The fourth-order valence-corrected chi connectivity index (χ4v) is 1.57. The van der Waals surface area contributed by atoms with Crippen LogP contribution in [-0.2, 0) is 4.79 Å². The first-order valence-corrected chi connectivity index (χ1v) is 4.98. The van der Waals surface area contributed by atoms with Crippen LogP contribution in [-0.4, -0.2) is 55.5 Å². The smallest absolute Gasteiger partial charge is 0.209 e. The van der Waals surface area contributed by atoms with E-state index in [0.29, 0.717) is 0 Å². The molecule has 2 N–H and O–H groups in total. The third-order valence-electron chi connectivity index (χ3n) is 2.48. The van der Waals surface area contributed by atoms with Gasteiger partial charge in [-0.25, -0.2) is 0 Å². The third kappa shape index (κ3) is 3.74. The molecule has 0 spiro atoms. The van der Waals surface area contributed by atoms with Crippen molar-refractivity contribution in [1.82, 2.24) is 9.80 Å². The van der Waals surface area contributed by atoms with Crippen LogP contribution in [0.1, 0.15) is 12.8 Å². The zero-order chi connectivity index (χ0) is 9.52. The molecule has 0 bridgehead atoms. The van der Waals surface area contributed by atoms with Gasteiger partial charge in [0.25, 0.3) is 0 Å². The summed E-state index contributed by atoms with van der Waals surface area (Å²) in [7, 11) is 0. The summed E-state index contributed by atoms with van der Waals surface area (Å²) in [6.45, 7) is 5.71. The molecule has 1 rings (SSSR count). The molecule has 1 aliphatic heterocycles. The largest absolute Gasteiger partial charge is 0.343 e. The Hall–Kier alpha value is -0.610. The summed E-state index contributed by atoms with van der Waals surface area (Å²) >= 11 is 0. The van der Waals surface area contributed by atoms with Crippen molar-refractivity contribution in [2.24, 2.45) is 5.73 Å². The maximum atomic E-state index is 10.4. The van der Waals surface area contributed by atoms with Gasteiger partial charge < -0.3 is 10.6 Å². The summed E-state index contributed by atoms with van der Waals surface area (Å²) in [5.74, 6) is 0. The monoisotopic (exact) mass is 185 g/mol. The van der Waals surface area contributed by atoms with E-state index in [2.05, 4.69) is 4.90 Å². The second-order valence-electron chi connectivity index (χ2n) is 3.48. The van der Waals surface area contributed by atoms with Crippen molar-refractivity contribution < 1.29 is 4.79 Å². The molecule has 1 fully saturated rings. The second-order valence-corrected chi connectivity index (χ2v) is 3.48. The standard InChI is InChI=1S/C9H19N3O/c10-3-1-2-4-11-5-7-12(9-13)8-6-11/h9H,1-8,10H2. The number of piperazine rings is 1. The van der Waals surface area contributed by atoms with Crippen molar-refractivity contribution in [2.45, 2.75) is 12.8 Å². The number of hydrogen-bond acceptors (Lipinski definition) is 3. The highest BCUT2D eigenvalue weighted by molar-refractivity contribution is 5.47. The van der Waals surface area contributed by atoms with E-state index in [-0.39, 0.29) is 0 Å². The molecule has 1 amide bonds. The molecule has 1 aliphatic rings. The third-order valence-corrected chi connectivity index (χ3v) is 2.48. The van der Waals surface area contributed by atoms with E-state index in [1.165, 1.54) is 6.42 Å². The predicted molar refractivity (Wildman–Crippen MR) is 52.4 cm³/mol. The predicted octanol–water partition coefficient (Wildman–Crippen LogP) is -0.501. The normalized spacial score (nSPS) is 19.0. The van der Waals surface area contributed by atoms with Gasteiger partial charge in [0.15, 0.2) is 0 Å². The molecule has 0 unspecified atom stereocenters. The Morgan fingerprint density at radius 3 is 2.38 bits per heavy atom. The highest BCUT2D eigenvalue weighted by Crippen LogP contribution is 2.01. The number of unbranched alkanes of at least 4 members (excludes halogenated alkanes) is 1. The summed E-state index contributed by atoms with van der Waals surface area (Å²) in [6.07, 6.45) is 3.22. The molecule has 1 saturated heterocycles. The van der Waals surface area contributed by atoms with Gasteiger partial charge in [0.05, 0.1) is 0 Å². The minimum atomic E-state index is 0.786. The number of nitrogens with two attached hydrogens (primary N) is 1. The molecule has 13 heavy (non-hydrogen) atoms. The first kappa shape index (κ1) is 10.5. The quantitative estimate of drug-likeness (QED) is 0.464. The van der Waals surface area contributed by atoms with Crippen LogP contribution in [0.4, 0.5) is 0 Å². The summed E-state index contributed by atoms with van der Waals surface area (Å²) in [4.78, 5) is 14.6. The zero-order valence-corrected chi connectivity index (χ0v) is 8.11. The summed E-state index contributed by atoms with van der Waals surface area (Å²) in [5, 5.41) is 0. The van der Waals surface area contributed by atoms with Crippen molar-refractivity contribution in [3.63, 3.8) is 0 Å². The fourth-order valence-electron chi connectivity index (χ4n) is 1.57. The van der Waals surface area contributed by atoms with Crippen molar-refractivity contribution in [3.8, 4) is 0 Å². The Kier molecular flexibility index (Phi) is 4.78. The van der Waals surface area contributed by atoms with E-state index in [9.17, 15) is 4.79 Å². The number of carbonyl (C=O) groups is 1. The molecule has 0 saturated carbocycles. The molecule has 4 nitrogen and oxygen atoms in total. The van der Waals surface area contributed by atoms with Gasteiger partial charge in [-0.3, -0.25) is 9.69 Å². The van der Waals surface area contributed by atoms with E-state index in [4.69, 9.17) is 5.73 Å². The van der Waals surface area contributed by atoms with Gasteiger partial charge in [0.1, 0.15) is 0 Å². The number of amides is 1. The highest BCUT2D eigenvalue weighted by Gasteiger charge is 2.13. The van der Waals surface area contributed by atoms with Gasteiger partial charge in [0.2, 0.25) is 6.41 Å². The van der Waals surface area contributed by atoms with Crippen LogP contribution in [0.3, 0.4) is 0 Å². The first-order valence-electron chi connectivity index (χ1n) is 4.98. The van der Waals surface area contributed by atoms with Crippen LogP contribution >= 0.6 is 0 Å². The molecular formula is C9H19N3O. The van der Waals surface area contributed by atoms with E-state index in [0.717, 1.165) is 52.1 Å². The Morgan fingerprint density at radius 2 is 1.85 bits per heavy atom. The lowest BCUT2D eigenvalue weighted by Crippen LogP contribution is -2.45. The lowest BCUT2D eigenvalue weighted by Gasteiger charge is -2.32. The Balaban J connectivity index is 2.07. The summed E-state index contributed by atoms with van der Waals surface area (Å²) in [5.41, 5.74) is 5.41. The Bertz CT molecular complexity index is 144. The number of hydrogen-bond donors (Lipinski definition) is 1. The molecule has 0 aromatic heterocycles. The summed E-state index contributed by atoms with van der Waals surface area (Å²) in [6, 6.07) is 0. The van der Waals surface area contributed by atoms with E-state index in [1.54, 1.807) is 0 Å². The molecule has 4 heteroatoms. The Morgan fingerprint density at radius 1 is 1.15 bits per heavy atom. The topological polar surface area (TPSA) is 49.6 Å². The molecule has 0 atom stereocenters. The van der Waals surface area contributed by atoms with Crippen molar-refractivity contribution in [2.75, 3.05) is 39.3 Å². The lowest BCUT2D eigenvalue weighted by molar-refractivity contribution is -0.119. The molecule has 0 aliphatic carbocycles. The lowest BCUT2D eigenvalue weighted by atomic mass is 10.2. The molecule has 76 valence electrons. The van der Waals surface area contributed by atoms with Crippen molar-refractivity contribution >= 4 is 6.41 Å². The van der Waals surface area contributed by atoms with E-state index >= 15 is 0 Å². The van der Waals surface area contributed by atoms with Gasteiger partial charge in [-0.05, 0) is 25.9 Å². The molecule has 1 heterocycles. The highest BCUT2D eigenvalue weighted by atomic mass is 16.1. The van der Waals surface area contributed by atoms with E-state index in [1.807, 2.05) is 4.90 Å². The van der Waals surface area contributed by atoms with Gasteiger partial charge in [-0.1, -0.05) is 0 Å². The molecule has 0 aromatic carbocycles. The van der Waals surface area contributed by atoms with Crippen molar-refractivity contribution in [1.29, 1.82) is 0 Å². The number of nitrogens with zero attached hydrogens (tertiary/aromatic N) is 2. The number of rotatable bonds is 5. The van der Waals surface area contributed by atoms with Crippen LogP contribution in [0, 0.1) is 0 Å². The van der Waals surface area contributed by atoms with Gasteiger partial charge in [-0.2, -0.15) is 0 Å². The molecule has 0 aromatic rings. The maximum Gasteiger partial charge on any atom is 0.209 e. The maximum absolute atomic E-state index is 10.4. The first-order chi connectivity index (χ1) is 6.36. The van der Waals surface area contributed by atoms with Crippen LogP contribution < -0.4 is 5.73 Å². The molecule has 0 radical (unpaired) electrons. The SMILES string of the molecule is NCCCCN1CCN(C=O)CC1. The van der Waals surface area contributed by atoms with Gasteiger partial charge >= 0.3 is 0 Å². The average molecular weight is 185 g/mol. The average Bonchev–Trinajstić information content (AvgIpc) is 2.19. The van der Waals surface area contributed by atoms with Gasteiger partial charge in [-0.15, -0.1) is 0 Å². The Labute approximate surface area is 79.7 Å². The van der Waals surface area contributed by atoms with Crippen LogP contribution in [0.5, 0.6) is 0 Å². The fraction of sp³-hybridized carbons (Fsp3) is 0.889.